The van der Waals surface area contributed by atoms with Crippen molar-refractivity contribution in [3.05, 3.63) is 0 Å². The normalized spacial score (nSPS) is 28.1. The number of carboxylic acid groups (broad SMARTS) is 1. The number of aliphatic carboxylic acids is 1. The van der Waals surface area contributed by atoms with Crippen molar-refractivity contribution in [1.29, 1.82) is 0 Å². The van der Waals surface area contributed by atoms with E-state index in [9.17, 15) is 4.79 Å². The summed E-state index contributed by atoms with van der Waals surface area (Å²) in [5.41, 5.74) is -0.122. The molecular formula is C12H21NO3. The first-order valence-electron chi connectivity index (χ1n) is 5.54. The molecular weight excluding hydrogens is 206 g/mol. The molecule has 0 aromatic rings. The van der Waals surface area contributed by atoms with Gasteiger partial charge in [-0.05, 0) is 10.8 Å². The molecule has 0 amide bonds. The van der Waals surface area contributed by atoms with Gasteiger partial charge in [0.2, 0.25) is 0 Å². The Bertz CT molecular complexity index is 302. The zero-order chi connectivity index (χ0) is 12.6. The minimum absolute atomic E-state index is 0.00929. The first-order valence-corrected chi connectivity index (χ1v) is 5.54. The number of rotatable bonds is 4. The first kappa shape index (κ1) is 13.0. The van der Waals surface area contributed by atoms with Crippen molar-refractivity contribution in [2.45, 2.75) is 34.6 Å². The molecule has 0 spiro atoms. The molecule has 0 unspecified atom stereocenters. The average Bonchev–Trinajstić information content (AvgIpc) is 2.60. The topological polar surface area (TPSA) is 58.9 Å². The molecule has 0 heterocycles. The van der Waals surface area contributed by atoms with Gasteiger partial charge in [0, 0.05) is 12.1 Å². The molecule has 4 nitrogen and oxygen atoms in total. The molecule has 0 saturated heterocycles. The van der Waals surface area contributed by atoms with Gasteiger partial charge in [0.25, 0.3) is 0 Å². The number of hydrogen-bond donors (Lipinski definition) is 1. The number of hydrogen-bond acceptors (Lipinski definition) is 3. The summed E-state index contributed by atoms with van der Waals surface area (Å²) in [7, 11) is 0. The van der Waals surface area contributed by atoms with Crippen LogP contribution in [0.25, 0.3) is 0 Å². The highest BCUT2D eigenvalue weighted by atomic mass is 16.6. The average molecular weight is 227 g/mol. The molecule has 1 aliphatic rings. The molecule has 92 valence electrons. The van der Waals surface area contributed by atoms with E-state index < -0.39 is 5.97 Å². The second kappa shape index (κ2) is 4.07. The molecule has 1 N–H and O–H groups in total. The lowest BCUT2D eigenvalue weighted by Crippen LogP contribution is -2.12. The van der Waals surface area contributed by atoms with Crippen LogP contribution in [0.2, 0.25) is 0 Å². The van der Waals surface area contributed by atoms with Gasteiger partial charge in [-0.15, -0.1) is 0 Å². The highest BCUT2D eigenvalue weighted by molar-refractivity contribution is 5.84. The summed E-state index contributed by atoms with van der Waals surface area (Å²) in [6, 6.07) is 0. The smallest absolute Gasteiger partial charge is 0.307 e. The van der Waals surface area contributed by atoms with Gasteiger partial charge in [-0.2, -0.15) is 0 Å². The summed E-state index contributed by atoms with van der Waals surface area (Å²) in [5, 5.41) is 12.8. The summed E-state index contributed by atoms with van der Waals surface area (Å²) < 4.78 is 0. The summed E-state index contributed by atoms with van der Waals surface area (Å²) in [4.78, 5) is 16.0. The van der Waals surface area contributed by atoms with Gasteiger partial charge >= 0.3 is 5.97 Å². The number of carboxylic acids is 1. The molecule has 0 bridgehead atoms. The third-order valence-electron chi connectivity index (χ3n) is 2.97. The van der Waals surface area contributed by atoms with Gasteiger partial charge in [0.15, 0.2) is 0 Å². The maximum atomic E-state index is 10.9. The van der Waals surface area contributed by atoms with E-state index >= 15 is 0 Å². The Balaban J connectivity index is 2.40. The Morgan fingerprint density at radius 1 is 1.50 bits per heavy atom. The minimum atomic E-state index is -0.753. The molecule has 1 rings (SSSR count). The SMILES string of the molecule is CC(C)(C)CON=C[C@@H]1[C@H](C(=O)O)C1(C)C. The lowest BCUT2D eigenvalue weighted by molar-refractivity contribution is -0.139. The fourth-order valence-electron chi connectivity index (χ4n) is 1.77. The predicted octanol–water partition coefficient (Wildman–Crippen LogP) is 2.39. The van der Waals surface area contributed by atoms with E-state index in [0.717, 1.165) is 0 Å². The number of carbonyl (C=O) groups is 1. The minimum Gasteiger partial charge on any atom is -0.481 e. The Hall–Kier alpha value is -1.06. The number of oxime groups is 1. The van der Waals surface area contributed by atoms with Crippen molar-refractivity contribution in [2.75, 3.05) is 6.61 Å². The van der Waals surface area contributed by atoms with Crippen LogP contribution in [0.3, 0.4) is 0 Å². The Labute approximate surface area is 96.7 Å². The van der Waals surface area contributed by atoms with Crippen LogP contribution in [0.5, 0.6) is 0 Å². The lowest BCUT2D eigenvalue weighted by atomic mass is 9.99. The van der Waals surface area contributed by atoms with Gasteiger partial charge in [-0.3, -0.25) is 4.79 Å². The fraction of sp³-hybridized carbons (Fsp3) is 0.833. The molecule has 0 aromatic carbocycles. The van der Waals surface area contributed by atoms with Crippen LogP contribution in [-0.2, 0) is 9.63 Å². The van der Waals surface area contributed by atoms with Crippen LogP contribution < -0.4 is 0 Å². The molecule has 16 heavy (non-hydrogen) atoms. The van der Waals surface area contributed by atoms with Crippen molar-refractivity contribution < 1.29 is 14.7 Å². The molecule has 0 aromatic heterocycles. The van der Waals surface area contributed by atoms with Crippen molar-refractivity contribution >= 4 is 12.2 Å². The molecule has 1 fully saturated rings. The lowest BCUT2D eigenvalue weighted by Gasteiger charge is -2.15. The van der Waals surface area contributed by atoms with Crippen LogP contribution in [-0.4, -0.2) is 23.9 Å². The van der Waals surface area contributed by atoms with Gasteiger partial charge in [0.05, 0.1) is 5.92 Å². The van der Waals surface area contributed by atoms with Crippen LogP contribution in [0.15, 0.2) is 5.16 Å². The van der Waals surface area contributed by atoms with E-state index in [0.29, 0.717) is 6.61 Å². The zero-order valence-electron chi connectivity index (χ0n) is 10.7. The van der Waals surface area contributed by atoms with Crippen molar-refractivity contribution in [3.63, 3.8) is 0 Å². The zero-order valence-corrected chi connectivity index (χ0v) is 10.7. The van der Waals surface area contributed by atoms with Crippen LogP contribution in [0.1, 0.15) is 34.6 Å². The van der Waals surface area contributed by atoms with E-state index in [4.69, 9.17) is 9.94 Å². The summed E-state index contributed by atoms with van der Waals surface area (Å²) in [5.74, 6) is -1.09. The van der Waals surface area contributed by atoms with Crippen LogP contribution in [0.4, 0.5) is 0 Å². The van der Waals surface area contributed by atoms with Crippen LogP contribution in [0, 0.1) is 22.7 Å². The maximum Gasteiger partial charge on any atom is 0.307 e. The summed E-state index contributed by atoms with van der Waals surface area (Å²) in [6.45, 7) is 10.6. The molecule has 2 atom stereocenters. The van der Waals surface area contributed by atoms with Crippen molar-refractivity contribution in [3.8, 4) is 0 Å². The molecule has 4 heteroatoms. The molecule has 1 saturated carbocycles. The van der Waals surface area contributed by atoms with E-state index in [2.05, 4.69) is 25.9 Å². The highest BCUT2D eigenvalue weighted by Gasteiger charge is 2.61. The first-order chi connectivity index (χ1) is 7.16. The second-order valence-corrected chi connectivity index (χ2v) is 6.25. The quantitative estimate of drug-likeness (QED) is 0.592. The van der Waals surface area contributed by atoms with E-state index in [1.54, 1.807) is 6.21 Å². The van der Waals surface area contributed by atoms with Crippen LogP contribution >= 0.6 is 0 Å². The standard InChI is InChI=1S/C12H21NO3/c1-11(2,3)7-16-13-6-8-9(10(14)15)12(8,4)5/h6,8-9H,7H2,1-5H3,(H,14,15)/t8-,9-/m1/s1. The summed E-state index contributed by atoms with van der Waals surface area (Å²) >= 11 is 0. The Morgan fingerprint density at radius 2 is 2.06 bits per heavy atom. The Kier molecular flexibility index (Phi) is 3.31. The van der Waals surface area contributed by atoms with Gasteiger partial charge in [0.1, 0.15) is 6.61 Å². The van der Waals surface area contributed by atoms with Crippen molar-refractivity contribution in [2.24, 2.45) is 27.8 Å². The third kappa shape index (κ3) is 2.97. The predicted molar refractivity (Wildman–Crippen MR) is 62.3 cm³/mol. The highest BCUT2D eigenvalue weighted by Crippen LogP contribution is 2.57. The molecule has 1 aliphatic carbocycles. The Morgan fingerprint density at radius 3 is 2.44 bits per heavy atom. The van der Waals surface area contributed by atoms with Gasteiger partial charge < -0.3 is 9.94 Å². The van der Waals surface area contributed by atoms with E-state index in [1.807, 2.05) is 13.8 Å². The van der Waals surface area contributed by atoms with E-state index in [1.165, 1.54) is 0 Å². The molecule has 0 aliphatic heterocycles. The monoisotopic (exact) mass is 227 g/mol. The summed E-state index contributed by atoms with van der Waals surface area (Å²) in [6.07, 6.45) is 1.63. The maximum absolute atomic E-state index is 10.9. The number of nitrogens with zero attached hydrogens (tertiary/aromatic N) is 1. The van der Waals surface area contributed by atoms with E-state index in [-0.39, 0.29) is 22.7 Å². The molecule has 0 radical (unpaired) electrons. The van der Waals surface area contributed by atoms with Crippen molar-refractivity contribution in [1.82, 2.24) is 0 Å². The third-order valence-corrected chi connectivity index (χ3v) is 2.97. The van der Waals surface area contributed by atoms with Gasteiger partial charge in [-0.25, -0.2) is 0 Å². The second-order valence-electron chi connectivity index (χ2n) is 6.25. The van der Waals surface area contributed by atoms with Gasteiger partial charge in [-0.1, -0.05) is 39.8 Å². The fourth-order valence-corrected chi connectivity index (χ4v) is 1.77. The largest absolute Gasteiger partial charge is 0.481 e.